The summed E-state index contributed by atoms with van der Waals surface area (Å²) in [4.78, 5) is 18.8. The Morgan fingerprint density at radius 1 is 1.10 bits per heavy atom. The molecule has 0 atom stereocenters. The van der Waals surface area contributed by atoms with Crippen LogP contribution in [0.5, 0.6) is 0 Å². The van der Waals surface area contributed by atoms with Crippen LogP contribution in [0, 0.1) is 0 Å². The van der Waals surface area contributed by atoms with Gasteiger partial charge in [-0.2, -0.15) is 8.42 Å². The lowest BCUT2D eigenvalue weighted by Gasteiger charge is -2.11. The van der Waals surface area contributed by atoms with E-state index in [-0.39, 0.29) is 10.6 Å². The summed E-state index contributed by atoms with van der Waals surface area (Å²) < 4.78 is 29.3. The minimum absolute atomic E-state index is 0.0366. The van der Waals surface area contributed by atoms with Crippen molar-refractivity contribution in [2.75, 3.05) is 18.9 Å². The second kappa shape index (κ2) is 7.63. The first-order valence-electron chi connectivity index (χ1n) is 9.24. The number of amidine groups is 1. The third-order valence-corrected chi connectivity index (χ3v) is 6.08. The molecule has 2 aromatic carbocycles. The Hall–Kier alpha value is -3.26. The zero-order valence-corrected chi connectivity index (χ0v) is 16.7. The van der Waals surface area contributed by atoms with Gasteiger partial charge in [-0.1, -0.05) is 30.3 Å². The lowest BCUT2D eigenvalue weighted by Crippen LogP contribution is -2.20. The Morgan fingerprint density at radius 3 is 2.72 bits per heavy atom. The molecule has 0 bridgehead atoms. The van der Waals surface area contributed by atoms with Gasteiger partial charge < -0.3 is 10.2 Å². The fraction of sp³-hybridized carbons (Fsp3) is 0.190. The molecule has 0 radical (unpaired) electrons. The van der Waals surface area contributed by atoms with Crippen LogP contribution in [0.1, 0.15) is 23.3 Å². The zero-order chi connectivity index (χ0) is 20.4. The third kappa shape index (κ3) is 4.12. The minimum Gasteiger partial charge on any atom is -0.362 e. The summed E-state index contributed by atoms with van der Waals surface area (Å²) in [6.07, 6.45) is 1.53. The van der Waals surface area contributed by atoms with Gasteiger partial charge in [-0.15, -0.1) is 4.40 Å². The van der Waals surface area contributed by atoms with Gasteiger partial charge in [-0.05, 0) is 36.8 Å². The fourth-order valence-electron chi connectivity index (χ4n) is 3.22. The van der Waals surface area contributed by atoms with E-state index in [9.17, 15) is 13.2 Å². The normalized spacial score (nSPS) is 15.8. The standard InChI is InChI=1S/C21H20N4O3S/c1-25-13-5-10-20(25)24-29(27,28)17-8-4-7-16(14-17)22-21(26)19-12-11-15-6-2-3-9-18(15)23-19/h2-4,6-9,11-12,14H,5,10,13H2,1H3,(H,22,26). The number of hydrogen-bond acceptors (Lipinski definition) is 4. The van der Waals surface area contributed by atoms with E-state index in [0.29, 0.717) is 23.5 Å². The largest absolute Gasteiger partial charge is 0.362 e. The highest BCUT2D eigenvalue weighted by atomic mass is 32.2. The van der Waals surface area contributed by atoms with Crippen LogP contribution in [0.15, 0.2) is 70.0 Å². The van der Waals surface area contributed by atoms with E-state index in [0.717, 1.165) is 18.4 Å². The maximum absolute atomic E-state index is 12.6. The lowest BCUT2D eigenvalue weighted by atomic mass is 10.2. The Bertz CT molecular complexity index is 1220. The van der Waals surface area contributed by atoms with Crippen LogP contribution in [0.2, 0.25) is 0 Å². The summed E-state index contributed by atoms with van der Waals surface area (Å²) in [6.45, 7) is 0.795. The highest BCUT2D eigenvalue weighted by molar-refractivity contribution is 7.90. The molecular formula is C21H20N4O3S. The van der Waals surface area contributed by atoms with E-state index in [1.165, 1.54) is 12.1 Å². The first-order chi connectivity index (χ1) is 13.9. The molecule has 8 heteroatoms. The Balaban J connectivity index is 1.57. The van der Waals surface area contributed by atoms with Crippen LogP contribution >= 0.6 is 0 Å². The number of nitrogens with zero attached hydrogens (tertiary/aromatic N) is 3. The van der Waals surface area contributed by atoms with E-state index in [1.807, 2.05) is 42.3 Å². The number of aromatic nitrogens is 1. The molecule has 7 nitrogen and oxygen atoms in total. The number of carbonyl (C=O) groups excluding carboxylic acids is 1. The fourth-order valence-corrected chi connectivity index (χ4v) is 4.36. The number of hydrogen-bond donors (Lipinski definition) is 1. The predicted molar refractivity (Wildman–Crippen MR) is 113 cm³/mol. The van der Waals surface area contributed by atoms with Crippen LogP contribution in [0.4, 0.5) is 5.69 Å². The molecule has 0 aliphatic carbocycles. The van der Waals surface area contributed by atoms with E-state index in [2.05, 4.69) is 14.7 Å². The lowest BCUT2D eigenvalue weighted by molar-refractivity contribution is 0.102. The van der Waals surface area contributed by atoms with Gasteiger partial charge >= 0.3 is 0 Å². The topological polar surface area (TPSA) is 91.7 Å². The summed E-state index contributed by atoms with van der Waals surface area (Å²) >= 11 is 0. The average molecular weight is 408 g/mol. The number of benzene rings is 2. The van der Waals surface area contributed by atoms with Crippen molar-refractivity contribution in [3.63, 3.8) is 0 Å². The molecule has 1 fully saturated rings. The zero-order valence-electron chi connectivity index (χ0n) is 15.9. The molecule has 148 valence electrons. The molecule has 29 heavy (non-hydrogen) atoms. The number of likely N-dealkylation sites (tertiary alicyclic amines) is 1. The number of fused-ring (bicyclic) bond motifs is 1. The number of sulfonamides is 1. The minimum atomic E-state index is -3.85. The van der Waals surface area contributed by atoms with Crippen molar-refractivity contribution in [1.82, 2.24) is 9.88 Å². The third-order valence-electron chi connectivity index (χ3n) is 4.78. The van der Waals surface area contributed by atoms with Crippen LogP contribution in [0.25, 0.3) is 10.9 Å². The molecule has 4 rings (SSSR count). The molecule has 1 amide bonds. The van der Waals surface area contributed by atoms with E-state index in [4.69, 9.17) is 0 Å². The number of amides is 1. The average Bonchev–Trinajstić information content (AvgIpc) is 3.11. The highest BCUT2D eigenvalue weighted by Gasteiger charge is 2.20. The van der Waals surface area contributed by atoms with Crippen molar-refractivity contribution in [1.29, 1.82) is 0 Å². The monoisotopic (exact) mass is 408 g/mol. The molecule has 1 aromatic heterocycles. The molecule has 3 aromatic rings. The van der Waals surface area contributed by atoms with E-state index >= 15 is 0 Å². The van der Waals surface area contributed by atoms with E-state index < -0.39 is 15.9 Å². The molecule has 0 unspecified atom stereocenters. The Morgan fingerprint density at radius 2 is 1.93 bits per heavy atom. The van der Waals surface area contributed by atoms with Crippen LogP contribution in [-0.2, 0) is 10.0 Å². The van der Waals surface area contributed by atoms with Crippen molar-refractivity contribution in [3.05, 3.63) is 66.4 Å². The summed E-state index contributed by atoms with van der Waals surface area (Å²) in [5.41, 5.74) is 1.34. The van der Waals surface area contributed by atoms with Crippen molar-refractivity contribution in [2.24, 2.45) is 4.40 Å². The maximum Gasteiger partial charge on any atom is 0.284 e. The van der Waals surface area contributed by atoms with Gasteiger partial charge in [0.25, 0.3) is 15.9 Å². The van der Waals surface area contributed by atoms with Crippen LogP contribution < -0.4 is 5.32 Å². The number of para-hydroxylation sites is 1. The van der Waals surface area contributed by atoms with Crippen molar-refractivity contribution < 1.29 is 13.2 Å². The summed E-state index contributed by atoms with van der Waals surface area (Å²) in [5, 5.41) is 3.65. The Kier molecular flexibility index (Phi) is 5.02. The second-order valence-corrected chi connectivity index (χ2v) is 8.48. The van der Waals surface area contributed by atoms with Crippen LogP contribution in [0.3, 0.4) is 0 Å². The number of pyridine rings is 1. The highest BCUT2D eigenvalue weighted by Crippen LogP contribution is 2.21. The summed E-state index contributed by atoms with van der Waals surface area (Å²) in [5.74, 6) is 0.145. The molecule has 1 aliphatic heterocycles. The van der Waals surface area contributed by atoms with Crippen molar-refractivity contribution in [2.45, 2.75) is 17.7 Å². The number of rotatable bonds is 4. The van der Waals surface area contributed by atoms with Crippen LogP contribution in [-0.4, -0.2) is 43.6 Å². The summed E-state index contributed by atoms with van der Waals surface area (Å²) in [6, 6.07) is 17.1. The van der Waals surface area contributed by atoms with E-state index in [1.54, 1.807) is 18.2 Å². The quantitative estimate of drug-likeness (QED) is 0.715. The van der Waals surface area contributed by atoms with Gasteiger partial charge in [0.2, 0.25) is 0 Å². The van der Waals surface area contributed by atoms with Gasteiger partial charge in [0.1, 0.15) is 11.5 Å². The first-order valence-corrected chi connectivity index (χ1v) is 10.7. The number of anilines is 1. The van der Waals surface area contributed by atoms with Gasteiger partial charge in [0.05, 0.1) is 10.4 Å². The smallest absolute Gasteiger partial charge is 0.284 e. The predicted octanol–water partition coefficient (Wildman–Crippen LogP) is 3.30. The maximum atomic E-state index is 12.6. The number of carbonyl (C=O) groups is 1. The number of nitrogens with one attached hydrogen (secondary N) is 1. The molecule has 0 spiro atoms. The van der Waals surface area contributed by atoms with Gasteiger partial charge in [0.15, 0.2) is 0 Å². The van der Waals surface area contributed by atoms with Crippen molar-refractivity contribution >= 4 is 38.4 Å². The molecular weight excluding hydrogens is 388 g/mol. The second-order valence-electron chi connectivity index (χ2n) is 6.88. The Labute approximate surface area is 169 Å². The molecule has 1 N–H and O–H groups in total. The van der Waals surface area contributed by atoms with Gasteiger partial charge in [-0.3, -0.25) is 4.79 Å². The van der Waals surface area contributed by atoms with Gasteiger partial charge in [-0.25, -0.2) is 4.98 Å². The molecule has 0 saturated carbocycles. The first kappa shape index (κ1) is 19.1. The SMILES string of the molecule is CN1CCCC1=NS(=O)(=O)c1cccc(NC(=O)c2ccc3ccccc3n2)c1. The molecule has 1 saturated heterocycles. The van der Waals surface area contributed by atoms with Gasteiger partial charge in [0, 0.05) is 31.1 Å². The summed E-state index contributed by atoms with van der Waals surface area (Å²) in [7, 11) is -2.02. The molecule has 1 aliphatic rings. The molecule has 2 heterocycles. The van der Waals surface area contributed by atoms with Crippen molar-refractivity contribution in [3.8, 4) is 0 Å².